The van der Waals surface area contributed by atoms with Crippen LogP contribution in [0.25, 0.3) is 0 Å². The van der Waals surface area contributed by atoms with E-state index in [1.807, 2.05) is 6.92 Å². The summed E-state index contributed by atoms with van der Waals surface area (Å²) in [6, 6.07) is 11.2. The second-order valence-electron chi connectivity index (χ2n) is 4.49. The fraction of sp³-hybridized carbons (Fsp3) is 0.176. The highest BCUT2D eigenvalue weighted by molar-refractivity contribution is 9.10. The van der Waals surface area contributed by atoms with Gasteiger partial charge in [0.05, 0.1) is 29.3 Å². The molecular formula is C17H15BrO5. The van der Waals surface area contributed by atoms with Crippen LogP contribution in [-0.4, -0.2) is 25.7 Å². The molecule has 0 aliphatic rings. The van der Waals surface area contributed by atoms with Gasteiger partial charge in [-0.15, -0.1) is 0 Å². The first-order valence-corrected chi connectivity index (χ1v) is 7.67. The molecule has 0 radical (unpaired) electrons. The minimum Gasteiger partial charge on any atom is -0.493 e. The zero-order valence-corrected chi connectivity index (χ0v) is 14.3. The number of hydrogen-bond acceptors (Lipinski definition) is 5. The first-order valence-electron chi connectivity index (χ1n) is 6.88. The Bertz CT molecular complexity index is 727. The summed E-state index contributed by atoms with van der Waals surface area (Å²) >= 11 is 3.35. The molecule has 2 rings (SSSR count). The fourth-order valence-electron chi connectivity index (χ4n) is 1.87. The maximum absolute atomic E-state index is 12.2. The van der Waals surface area contributed by atoms with E-state index >= 15 is 0 Å². The Morgan fingerprint density at radius 2 is 1.78 bits per heavy atom. The van der Waals surface area contributed by atoms with Gasteiger partial charge < -0.3 is 14.2 Å². The molecule has 0 bridgehead atoms. The van der Waals surface area contributed by atoms with Crippen LogP contribution in [0, 0.1) is 0 Å². The Labute approximate surface area is 142 Å². The second kappa shape index (κ2) is 7.78. The summed E-state index contributed by atoms with van der Waals surface area (Å²) in [5, 5.41) is 0. The lowest BCUT2D eigenvalue weighted by atomic mass is 10.2. The summed E-state index contributed by atoms with van der Waals surface area (Å²) in [6.07, 6.45) is 0. The van der Waals surface area contributed by atoms with Gasteiger partial charge in [-0.3, -0.25) is 0 Å². The van der Waals surface area contributed by atoms with Crippen LogP contribution in [0.3, 0.4) is 0 Å². The van der Waals surface area contributed by atoms with Crippen molar-refractivity contribution >= 4 is 27.9 Å². The van der Waals surface area contributed by atoms with Crippen LogP contribution in [0.1, 0.15) is 27.6 Å². The number of benzene rings is 2. The minimum absolute atomic E-state index is 0.267. The van der Waals surface area contributed by atoms with E-state index < -0.39 is 11.9 Å². The number of esters is 2. The summed E-state index contributed by atoms with van der Waals surface area (Å²) < 4.78 is 16.0. The quantitative estimate of drug-likeness (QED) is 0.583. The highest BCUT2D eigenvalue weighted by Gasteiger charge is 2.13. The van der Waals surface area contributed by atoms with Crippen molar-refractivity contribution in [3.05, 3.63) is 58.1 Å². The van der Waals surface area contributed by atoms with Gasteiger partial charge >= 0.3 is 11.9 Å². The third-order valence-electron chi connectivity index (χ3n) is 2.93. The van der Waals surface area contributed by atoms with Crippen LogP contribution >= 0.6 is 15.9 Å². The van der Waals surface area contributed by atoms with Crippen LogP contribution in [0.15, 0.2) is 46.9 Å². The topological polar surface area (TPSA) is 61.8 Å². The lowest BCUT2D eigenvalue weighted by Gasteiger charge is -2.09. The standard InChI is InChI=1S/C17H15BrO5/c1-3-22-15-8-7-12(10-14(15)18)17(20)23-13-6-4-5-11(9-13)16(19)21-2/h4-10H,3H2,1-2H3. The van der Waals surface area contributed by atoms with Crippen molar-refractivity contribution in [1.82, 2.24) is 0 Å². The number of ether oxygens (including phenoxy) is 3. The van der Waals surface area contributed by atoms with Crippen LogP contribution in [0.5, 0.6) is 11.5 Å². The first kappa shape index (κ1) is 17.0. The van der Waals surface area contributed by atoms with E-state index in [4.69, 9.17) is 9.47 Å². The van der Waals surface area contributed by atoms with Gasteiger partial charge in [0.15, 0.2) is 0 Å². The zero-order valence-electron chi connectivity index (χ0n) is 12.7. The third-order valence-corrected chi connectivity index (χ3v) is 3.55. The maximum Gasteiger partial charge on any atom is 0.343 e. The molecule has 0 amide bonds. The van der Waals surface area contributed by atoms with Crippen molar-refractivity contribution in [2.45, 2.75) is 6.92 Å². The summed E-state index contributed by atoms with van der Waals surface area (Å²) in [5.74, 6) is -0.109. The van der Waals surface area contributed by atoms with E-state index in [0.29, 0.717) is 28.0 Å². The maximum atomic E-state index is 12.2. The van der Waals surface area contributed by atoms with Crippen molar-refractivity contribution in [1.29, 1.82) is 0 Å². The van der Waals surface area contributed by atoms with E-state index in [0.717, 1.165) is 0 Å². The summed E-state index contributed by atoms with van der Waals surface area (Å²) in [6.45, 7) is 2.41. The van der Waals surface area contributed by atoms with Crippen molar-refractivity contribution in [2.24, 2.45) is 0 Å². The number of methoxy groups -OCH3 is 1. The molecule has 120 valence electrons. The molecule has 23 heavy (non-hydrogen) atoms. The minimum atomic E-state index is -0.532. The van der Waals surface area contributed by atoms with Crippen molar-refractivity contribution in [3.63, 3.8) is 0 Å². The molecule has 0 aromatic heterocycles. The van der Waals surface area contributed by atoms with Crippen LogP contribution < -0.4 is 9.47 Å². The number of carbonyl (C=O) groups is 2. The molecule has 5 nitrogen and oxygen atoms in total. The Morgan fingerprint density at radius 3 is 2.43 bits per heavy atom. The summed E-state index contributed by atoms with van der Waals surface area (Å²) in [5.41, 5.74) is 0.675. The van der Waals surface area contributed by atoms with E-state index in [2.05, 4.69) is 20.7 Å². The monoisotopic (exact) mass is 378 g/mol. The molecule has 0 N–H and O–H groups in total. The van der Waals surface area contributed by atoms with E-state index in [-0.39, 0.29) is 5.75 Å². The predicted molar refractivity (Wildman–Crippen MR) is 88.1 cm³/mol. The Hall–Kier alpha value is -2.34. The summed E-state index contributed by atoms with van der Waals surface area (Å²) in [7, 11) is 1.29. The number of carbonyl (C=O) groups excluding carboxylic acids is 2. The number of hydrogen-bond donors (Lipinski definition) is 0. The predicted octanol–water partition coefficient (Wildman–Crippen LogP) is 3.85. The molecule has 0 aliphatic heterocycles. The molecule has 0 atom stereocenters. The van der Waals surface area contributed by atoms with E-state index in [9.17, 15) is 9.59 Å². The zero-order chi connectivity index (χ0) is 16.8. The Balaban J connectivity index is 2.16. The van der Waals surface area contributed by atoms with Crippen LogP contribution in [0.4, 0.5) is 0 Å². The molecule has 2 aromatic carbocycles. The van der Waals surface area contributed by atoms with Crippen molar-refractivity contribution < 1.29 is 23.8 Å². The normalized spacial score (nSPS) is 10.0. The first-order chi connectivity index (χ1) is 11.0. The van der Waals surface area contributed by atoms with Gasteiger partial charge in [-0.05, 0) is 59.3 Å². The SMILES string of the molecule is CCOc1ccc(C(=O)Oc2cccc(C(=O)OC)c2)cc1Br. The van der Waals surface area contributed by atoms with Gasteiger partial charge in [-0.25, -0.2) is 9.59 Å². The largest absolute Gasteiger partial charge is 0.493 e. The molecule has 0 spiro atoms. The second-order valence-corrected chi connectivity index (χ2v) is 5.34. The molecule has 6 heteroatoms. The average Bonchev–Trinajstić information content (AvgIpc) is 2.56. The molecule has 0 heterocycles. The Morgan fingerprint density at radius 1 is 1.04 bits per heavy atom. The van der Waals surface area contributed by atoms with Gasteiger partial charge in [-0.1, -0.05) is 6.07 Å². The van der Waals surface area contributed by atoms with Gasteiger partial charge in [0.1, 0.15) is 11.5 Å². The third kappa shape index (κ3) is 4.32. The van der Waals surface area contributed by atoms with Crippen LogP contribution in [-0.2, 0) is 4.74 Å². The van der Waals surface area contributed by atoms with Gasteiger partial charge in [0.25, 0.3) is 0 Å². The van der Waals surface area contributed by atoms with Crippen LogP contribution in [0.2, 0.25) is 0 Å². The summed E-state index contributed by atoms with van der Waals surface area (Å²) in [4.78, 5) is 23.7. The highest BCUT2D eigenvalue weighted by atomic mass is 79.9. The van der Waals surface area contributed by atoms with E-state index in [1.165, 1.54) is 13.2 Å². The Kier molecular flexibility index (Phi) is 5.76. The fourth-order valence-corrected chi connectivity index (χ4v) is 2.36. The average molecular weight is 379 g/mol. The molecule has 0 fully saturated rings. The van der Waals surface area contributed by atoms with Gasteiger partial charge in [0, 0.05) is 0 Å². The smallest absolute Gasteiger partial charge is 0.343 e. The molecule has 0 unspecified atom stereocenters. The van der Waals surface area contributed by atoms with Gasteiger partial charge in [-0.2, -0.15) is 0 Å². The van der Waals surface area contributed by atoms with Crippen molar-refractivity contribution in [2.75, 3.05) is 13.7 Å². The highest BCUT2D eigenvalue weighted by Crippen LogP contribution is 2.26. The molecule has 0 saturated carbocycles. The molecule has 0 saturated heterocycles. The lowest BCUT2D eigenvalue weighted by Crippen LogP contribution is -2.09. The van der Waals surface area contributed by atoms with E-state index in [1.54, 1.807) is 36.4 Å². The van der Waals surface area contributed by atoms with Crippen molar-refractivity contribution in [3.8, 4) is 11.5 Å². The number of halogens is 1. The molecular weight excluding hydrogens is 364 g/mol. The van der Waals surface area contributed by atoms with Gasteiger partial charge in [0.2, 0.25) is 0 Å². The molecule has 2 aromatic rings. The molecule has 0 aliphatic carbocycles. The number of rotatable bonds is 5. The lowest BCUT2D eigenvalue weighted by molar-refractivity contribution is 0.0597.